The van der Waals surface area contributed by atoms with E-state index in [2.05, 4.69) is 24.4 Å². The average molecular weight is 375 g/mol. The summed E-state index contributed by atoms with van der Waals surface area (Å²) < 4.78 is 24.1. The van der Waals surface area contributed by atoms with E-state index in [1.165, 1.54) is 5.56 Å². The molecule has 1 unspecified atom stereocenters. The van der Waals surface area contributed by atoms with Gasteiger partial charge < -0.3 is 10.2 Å². The highest BCUT2D eigenvalue weighted by Gasteiger charge is 2.31. The number of halogens is 1. The van der Waals surface area contributed by atoms with Gasteiger partial charge in [0.25, 0.3) is 0 Å². The van der Waals surface area contributed by atoms with E-state index in [0.717, 1.165) is 12.0 Å². The Balaban J connectivity index is 0.00000288. The van der Waals surface area contributed by atoms with Gasteiger partial charge in [-0.1, -0.05) is 31.2 Å². The molecule has 5 nitrogen and oxygen atoms in total. The molecule has 2 rings (SSSR count). The second-order valence-corrected chi connectivity index (χ2v) is 8.82. The maximum absolute atomic E-state index is 12.5. The van der Waals surface area contributed by atoms with Crippen LogP contribution in [0.15, 0.2) is 24.3 Å². The molecule has 0 spiro atoms. The molecule has 1 amide bonds. The molecule has 7 heteroatoms. The van der Waals surface area contributed by atoms with Gasteiger partial charge in [0.05, 0.1) is 11.3 Å². The zero-order chi connectivity index (χ0) is 17.0. The first kappa shape index (κ1) is 20.9. The van der Waals surface area contributed by atoms with Gasteiger partial charge in [-0.05, 0) is 31.4 Å². The van der Waals surface area contributed by atoms with Crippen LogP contribution in [0.2, 0.25) is 0 Å². The molecule has 1 aromatic carbocycles. The van der Waals surface area contributed by atoms with Gasteiger partial charge in [0.15, 0.2) is 9.84 Å². The molecule has 1 N–H and O–H groups in total. The minimum atomic E-state index is -3.37. The Morgan fingerprint density at radius 3 is 2.46 bits per heavy atom. The average Bonchev–Trinajstić information content (AvgIpc) is 2.54. The zero-order valence-corrected chi connectivity index (χ0v) is 16.1. The van der Waals surface area contributed by atoms with E-state index in [1.807, 2.05) is 12.1 Å². The van der Waals surface area contributed by atoms with Crippen LogP contribution in [-0.4, -0.2) is 49.9 Å². The molecule has 1 atom stereocenters. The number of benzene rings is 1. The first-order chi connectivity index (χ1) is 10.8. The number of nitrogens with one attached hydrogen (secondary N) is 1. The first-order valence-electron chi connectivity index (χ1n) is 8.15. The third-order valence-electron chi connectivity index (χ3n) is 4.38. The molecular weight excluding hydrogens is 348 g/mol. The van der Waals surface area contributed by atoms with Crippen LogP contribution in [0.5, 0.6) is 0 Å². The number of hydrogen-bond donors (Lipinski definition) is 1. The van der Waals surface area contributed by atoms with Gasteiger partial charge in [-0.25, -0.2) is 8.42 Å². The maximum Gasteiger partial charge on any atom is 0.238 e. The lowest BCUT2D eigenvalue weighted by molar-refractivity contribution is -0.131. The van der Waals surface area contributed by atoms with Crippen LogP contribution >= 0.6 is 12.4 Å². The topological polar surface area (TPSA) is 66.5 Å². The first-order valence-corrected chi connectivity index (χ1v) is 9.87. The normalized spacial score (nSPS) is 18.3. The zero-order valence-electron chi connectivity index (χ0n) is 14.5. The largest absolute Gasteiger partial charge is 0.332 e. The smallest absolute Gasteiger partial charge is 0.238 e. The molecule has 0 aromatic heterocycles. The molecule has 0 bridgehead atoms. The Morgan fingerprint density at radius 2 is 1.92 bits per heavy atom. The van der Waals surface area contributed by atoms with Crippen LogP contribution in [0.4, 0.5) is 0 Å². The summed E-state index contributed by atoms with van der Waals surface area (Å²) in [5, 5.41) is 2.76. The summed E-state index contributed by atoms with van der Waals surface area (Å²) in [5.41, 5.74) is 2.29. The number of aryl methyl sites for hydroxylation is 1. The van der Waals surface area contributed by atoms with Crippen LogP contribution in [-0.2, 0) is 21.1 Å². The van der Waals surface area contributed by atoms with Crippen LogP contribution in [0, 0.1) is 0 Å². The van der Waals surface area contributed by atoms with E-state index in [-0.39, 0.29) is 24.4 Å². The number of amides is 1. The number of rotatable bonds is 5. The quantitative estimate of drug-likeness (QED) is 0.855. The van der Waals surface area contributed by atoms with Gasteiger partial charge >= 0.3 is 0 Å². The number of hydrogen-bond acceptors (Lipinski definition) is 4. The summed E-state index contributed by atoms with van der Waals surface area (Å²) in [5.74, 6) is -0.710. The van der Waals surface area contributed by atoms with E-state index >= 15 is 0 Å². The second-order valence-electron chi connectivity index (χ2n) is 6.26. The van der Waals surface area contributed by atoms with Crippen molar-refractivity contribution in [2.45, 2.75) is 38.5 Å². The van der Waals surface area contributed by atoms with Crippen LogP contribution < -0.4 is 5.32 Å². The van der Waals surface area contributed by atoms with Crippen molar-refractivity contribution in [1.82, 2.24) is 10.2 Å². The number of nitrogens with zero attached hydrogens (tertiary/aromatic N) is 1. The van der Waals surface area contributed by atoms with Gasteiger partial charge in [0.2, 0.25) is 5.91 Å². The molecule has 0 saturated carbocycles. The third kappa shape index (κ3) is 4.94. The van der Waals surface area contributed by atoms with Gasteiger partial charge in [-0.15, -0.1) is 12.4 Å². The molecule has 24 heavy (non-hydrogen) atoms. The van der Waals surface area contributed by atoms with Crippen molar-refractivity contribution in [3.05, 3.63) is 35.4 Å². The number of piperazine rings is 1. The van der Waals surface area contributed by atoms with E-state index < -0.39 is 20.8 Å². The Labute approximate surface area is 151 Å². The number of carbonyl (C=O) groups is 1. The minimum Gasteiger partial charge on any atom is -0.332 e. The van der Waals surface area contributed by atoms with Crippen molar-refractivity contribution in [2.24, 2.45) is 0 Å². The van der Waals surface area contributed by atoms with E-state index in [9.17, 15) is 13.2 Å². The molecular formula is C17H27ClN2O3S. The van der Waals surface area contributed by atoms with E-state index in [0.29, 0.717) is 19.6 Å². The lowest BCUT2D eigenvalue weighted by Gasteiger charge is -2.36. The van der Waals surface area contributed by atoms with E-state index in [1.54, 1.807) is 18.7 Å². The summed E-state index contributed by atoms with van der Waals surface area (Å²) in [6, 6.07) is 8.10. The van der Waals surface area contributed by atoms with Gasteiger partial charge in [0, 0.05) is 19.6 Å². The monoisotopic (exact) mass is 374 g/mol. The molecule has 0 radical (unpaired) electrons. The predicted molar refractivity (Wildman–Crippen MR) is 99.3 cm³/mol. The standard InChI is InChI=1S/C17H26N2O3S.ClH/c1-4-14-5-7-15(8-6-14)16-11-18-9-10-19(16)17(20)12-23(21,22)13(2)3;/h5-8,13,16,18H,4,9-12H2,1-3H3;1H. The van der Waals surface area contributed by atoms with Crippen molar-refractivity contribution in [3.8, 4) is 0 Å². The SMILES string of the molecule is CCc1ccc(C2CNCCN2C(=O)CS(=O)(=O)C(C)C)cc1.Cl. The maximum atomic E-state index is 12.5. The summed E-state index contributed by atoms with van der Waals surface area (Å²) in [4.78, 5) is 14.2. The molecule has 136 valence electrons. The van der Waals surface area contributed by atoms with Crippen molar-refractivity contribution in [1.29, 1.82) is 0 Å². The fourth-order valence-corrected chi connectivity index (χ4v) is 3.54. The van der Waals surface area contributed by atoms with Gasteiger partial charge in [0.1, 0.15) is 5.75 Å². The third-order valence-corrected chi connectivity index (χ3v) is 6.47. The minimum absolute atomic E-state index is 0. The summed E-state index contributed by atoms with van der Waals surface area (Å²) in [6.07, 6.45) is 0.971. The van der Waals surface area contributed by atoms with Crippen molar-refractivity contribution >= 4 is 28.2 Å². The molecule has 0 aliphatic carbocycles. The summed E-state index contributed by atoms with van der Waals surface area (Å²) >= 11 is 0. The highest BCUT2D eigenvalue weighted by atomic mass is 35.5. The molecule has 1 fully saturated rings. The second kappa shape index (κ2) is 8.83. The molecule has 1 aromatic rings. The number of sulfone groups is 1. The van der Waals surface area contributed by atoms with Crippen molar-refractivity contribution in [2.75, 3.05) is 25.4 Å². The fourth-order valence-electron chi connectivity index (χ4n) is 2.70. The Kier molecular flexibility index (Phi) is 7.70. The molecule has 1 heterocycles. The van der Waals surface area contributed by atoms with Crippen LogP contribution in [0.25, 0.3) is 0 Å². The van der Waals surface area contributed by atoms with E-state index in [4.69, 9.17) is 0 Å². The Morgan fingerprint density at radius 1 is 1.29 bits per heavy atom. The predicted octanol–water partition coefficient (Wildman–Crippen LogP) is 1.97. The van der Waals surface area contributed by atoms with Gasteiger partial charge in [-0.2, -0.15) is 0 Å². The van der Waals surface area contributed by atoms with Crippen molar-refractivity contribution < 1.29 is 13.2 Å². The fraction of sp³-hybridized carbons (Fsp3) is 0.588. The molecule has 1 aliphatic heterocycles. The van der Waals surface area contributed by atoms with Crippen LogP contribution in [0.1, 0.15) is 37.9 Å². The highest BCUT2D eigenvalue weighted by Crippen LogP contribution is 2.23. The van der Waals surface area contributed by atoms with Crippen LogP contribution in [0.3, 0.4) is 0 Å². The van der Waals surface area contributed by atoms with Crippen molar-refractivity contribution in [3.63, 3.8) is 0 Å². The summed E-state index contributed by atoms with van der Waals surface area (Å²) in [6.45, 7) is 7.20. The molecule has 1 aliphatic rings. The lowest BCUT2D eigenvalue weighted by atomic mass is 10.0. The Bertz CT molecular complexity index is 644. The number of carbonyl (C=O) groups excluding carboxylic acids is 1. The Hall–Kier alpha value is -1.11. The lowest BCUT2D eigenvalue weighted by Crippen LogP contribution is -2.50. The summed E-state index contributed by atoms with van der Waals surface area (Å²) in [7, 11) is -3.37. The van der Waals surface area contributed by atoms with Gasteiger partial charge in [-0.3, -0.25) is 4.79 Å². The highest BCUT2D eigenvalue weighted by molar-refractivity contribution is 7.92. The molecule has 1 saturated heterocycles.